The second kappa shape index (κ2) is 5.48. The molecule has 0 radical (unpaired) electrons. The summed E-state index contributed by atoms with van der Waals surface area (Å²) in [6, 6.07) is 0. The van der Waals surface area contributed by atoms with Crippen molar-refractivity contribution in [3.8, 4) is 0 Å². The fourth-order valence-corrected chi connectivity index (χ4v) is 25.7. The molecule has 4 aliphatic carbocycles. The summed E-state index contributed by atoms with van der Waals surface area (Å²) in [7, 11) is -2.51. The Kier molecular flexibility index (Phi) is 4.18. The zero-order chi connectivity index (χ0) is 17.5. The molecule has 5 heteroatoms. The van der Waals surface area contributed by atoms with Crippen molar-refractivity contribution in [1.82, 2.24) is 4.81 Å². The highest BCUT2D eigenvalue weighted by Crippen LogP contribution is 2.64. The molecule has 0 aromatic rings. The Hall–Kier alpha value is 0.939. The number of halogens is 1. The second-order valence-electron chi connectivity index (χ2n) is 11.9. The molecule has 5 aliphatic rings. The van der Waals surface area contributed by atoms with Gasteiger partial charge in [0.1, 0.15) is 0 Å². The highest BCUT2D eigenvalue weighted by molar-refractivity contribution is 9.24. The van der Waals surface area contributed by atoms with Crippen molar-refractivity contribution in [3.05, 3.63) is 0 Å². The molecule has 1 nitrogen and oxygen atoms in total. The molecule has 0 amide bonds. The summed E-state index contributed by atoms with van der Waals surface area (Å²) in [6.45, 7) is 17.3. The van der Waals surface area contributed by atoms with Crippen molar-refractivity contribution in [3.63, 3.8) is 0 Å². The standard InChI is InChI=1S/C19H37BBrNSi2/c1-23(2,3)19(24(4,5)6)7-8-22(20(19)21)18-12-15-9-16(13-18)11-17(10-15)14-18/h15-17H,7-14H2,1-6H3. The van der Waals surface area contributed by atoms with E-state index in [-0.39, 0.29) is 0 Å². The van der Waals surface area contributed by atoms with Crippen LogP contribution >= 0.6 is 15.8 Å². The van der Waals surface area contributed by atoms with E-state index in [4.69, 9.17) is 0 Å². The molecule has 0 unspecified atom stereocenters. The van der Waals surface area contributed by atoms with E-state index < -0.39 is 16.1 Å². The number of hydrogen-bond acceptors (Lipinski definition) is 1. The third-order valence-corrected chi connectivity index (χ3v) is 21.7. The SMILES string of the molecule is C[Si](C)(C)C1([Si](C)(C)C)CCN(C23CC4CC(CC(C4)C2)C3)B1Br. The Balaban J connectivity index is 1.69. The van der Waals surface area contributed by atoms with Gasteiger partial charge < -0.3 is 4.81 Å². The quantitative estimate of drug-likeness (QED) is 0.498. The topological polar surface area (TPSA) is 3.24 Å². The van der Waals surface area contributed by atoms with Gasteiger partial charge in [0.25, 0.3) is 0 Å². The van der Waals surface area contributed by atoms with Crippen LogP contribution < -0.4 is 0 Å². The van der Waals surface area contributed by atoms with Gasteiger partial charge in [0, 0.05) is 21.7 Å². The number of hydrogen-bond donors (Lipinski definition) is 0. The Bertz CT molecular complexity index is 475. The Morgan fingerprint density at radius 1 is 0.833 bits per heavy atom. The van der Waals surface area contributed by atoms with Crippen LogP contribution in [-0.2, 0) is 0 Å². The van der Waals surface area contributed by atoms with Gasteiger partial charge in [-0.25, -0.2) is 0 Å². The van der Waals surface area contributed by atoms with Crippen molar-refractivity contribution >= 4 is 37.6 Å². The molecule has 1 aliphatic heterocycles. The molecule has 24 heavy (non-hydrogen) atoms. The van der Waals surface area contributed by atoms with Crippen LogP contribution in [0.4, 0.5) is 0 Å². The van der Waals surface area contributed by atoms with Crippen LogP contribution in [0, 0.1) is 17.8 Å². The third-order valence-electron chi connectivity index (χ3n) is 8.72. The number of nitrogens with zero attached hydrogens (tertiary/aromatic N) is 1. The lowest BCUT2D eigenvalue weighted by atomic mass is 9.51. The first kappa shape index (κ1) is 18.3. The maximum atomic E-state index is 4.39. The lowest BCUT2D eigenvalue weighted by molar-refractivity contribution is -0.0556. The minimum absolute atomic E-state index is 0.573. The summed E-state index contributed by atoms with van der Waals surface area (Å²) in [6.07, 6.45) is 10.7. The number of rotatable bonds is 3. The smallest absolute Gasteiger partial charge is 0.304 e. The first-order valence-electron chi connectivity index (χ1n) is 10.4. The molecule has 1 saturated heterocycles. The van der Waals surface area contributed by atoms with Gasteiger partial charge in [-0.15, -0.1) is 15.8 Å². The van der Waals surface area contributed by atoms with E-state index in [0.29, 0.717) is 15.8 Å². The molecule has 4 saturated carbocycles. The summed E-state index contributed by atoms with van der Waals surface area (Å²) >= 11 is 4.39. The fraction of sp³-hybridized carbons (Fsp3) is 1.00. The van der Waals surface area contributed by atoms with Gasteiger partial charge in [-0.2, -0.15) is 0 Å². The van der Waals surface area contributed by atoms with Crippen LogP contribution in [0.5, 0.6) is 0 Å². The Morgan fingerprint density at radius 2 is 1.25 bits per heavy atom. The molecule has 0 aromatic carbocycles. The normalized spacial score (nSPS) is 42.1. The molecule has 0 atom stereocenters. The molecule has 0 aromatic heterocycles. The molecule has 4 bridgehead atoms. The first-order chi connectivity index (χ1) is 11.0. The molecular formula is C19H37BBrNSi2. The van der Waals surface area contributed by atoms with Crippen molar-refractivity contribution in [1.29, 1.82) is 0 Å². The molecule has 5 fully saturated rings. The van der Waals surface area contributed by atoms with E-state index in [1.165, 1.54) is 32.2 Å². The van der Waals surface area contributed by atoms with E-state index in [1.807, 2.05) is 0 Å². The maximum Gasteiger partial charge on any atom is 0.304 e. The van der Waals surface area contributed by atoms with Crippen LogP contribution in [0.1, 0.15) is 44.9 Å². The minimum Gasteiger partial charge on any atom is -0.327 e. The summed E-state index contributed by atoms with van der Waals surface area (Å²) in [5.41, 5.74) is 1.23. The van der Waals surface area contributed by atoms with Crippen molar-refractivity contribution in [2.45, 2.75) is 94.3 Å². The molecule has 0 spiro atoms. The van der Waals surface area contributed by atoms with Gasteiger partial charge in [-0.3, -0.25) is 0 Å². The highest BCUT2D eigenvalue weighted by atomic mass is 79.9. The van der Waals surface area contributed by atoms with E-state index >= 15 is 0 Å². The van der Waals surface area contributed by atoms with E-state index in [9.17, 15) is 0 Å². The van der Waals surface area contributed by atoms with Crippen LogP contribution in [-0.4, -0.2) is 38.7 Å². The lowest BCUT2D eigenvalue weighted by Crippen LogP contribution is -2.66. The van der Waals surface area contributed by atoms with E-state index in [1.54, 1.807) is 19.3 Å². The fourth-order valence-electron chi connectivity index (χ4n) is 8.28. The predicted molar refractivity (Wildman–Crippen MR) is 116 cm³/mol. The van der Waals surface area contributed by atoms with Crippen LogP contribution in [0.3, 0.4) is 0 Å². The van der Waals surface area contributed by atoms with Gasteiger partial charge in [-0.1, -0.05) is 39.3 Å². The first-order valence-corrected chi connectivity index (χ1v) is 18.3. The zero-order valence-electron chi connectivity index (χ0n) is 16.8. The van der Waals surface area contributed by atoms with Gasteiger partial charge >= 0.3 is 5.67 Å². The Labute approximate surface area is 160 Å². The summed E-state index contributed by atoms with van der Waals surface area (Å²) < 4.78 is 0.614. The molecule has 1 heterocycles. The molecule has 136 valence electrons. The summed E-state index contributed by atoms with van der Waals surface area (Å²) in [5.74, 6) is 3.18. The van der Waals surface area contributed by atoms with Crippen molar-refractivity contribution in [2.75, 3.05) is 6.54 Å². The zero-order valence-corrected chi connectivity index (χ0v) is 20.4. The highest BCUT2D eigenvalue weighted by Gasteiger charge is 2.67. The molecule has 5 rings (SSSR count). The van der Waals surface area contributed by atoms with Crippen molar-refractivity contribution < 1.29 is 0 Å². The van der Waals surface area contributed by atoms with Gasteiger partial charge in [-0.05, 0) is 73.8 Å². The minimum atomic E-state index is -1.26. The largest absolute Gasteiger partial charge is 0.327 e. The molecule has 0 N–H and O–H groups in total. The Morgan fingerprint density at radius 3 is 1.58 bits per heavy atom. The maximum absolute atomic E-state index is 4.39. The van der Waals surface area contributed by atoms with E-state index in [2.05, 4.69) is 59.8 Å². The van der Waals surface area contributed by atoms with Crippen LogP contribution in [0.2, 0.25) is 43.8 Å². The average Bonchev–Trinajstić information content (AvgIpc) is 2.75. The molecular weight excluding hydrogens is 389 g/mol. The van der Waals surface area contributed by atoms with Crippen molar-refractivity contribution in [2.24, 2.45) is 17.8 Å². The van der Waals surface area contributed by atoms with Gasteiger partial charge in [0.05, 0.1) is 0 Å². The van der Waals surface area contributed by atoms with Crippen LogP contribution in [0.25, 0.3) is 0 Å². The monoisotopic (exact) mass is 425 g/mol. The van der Waals surface area contributed by atoms with E-state index in [0.717, 1.165) is 17.8 Å². The average molecular weight is 426 g/mol. The lowest BCUT2D eigenvalue weighted by Gasteiger charge is -2.62. The summed E-state index contributed by atoms with van der Waals surface area (Å²) in [5, 5.41) is 0. The van der Waals surface area contributed by atoms with Crippen LogP contribution in [0.15, 0.2) is 0 Å². The second-order valence-corrected chi connectivity index (χ2v) is 24.0. The third kappa shape index (κ3) is 2.39. The van der Waals surface area contributed by atoms with Gasteiger partial charge in [0.2, 0.25) is 0 Å². The summed E-state index contributed by atoms with van der Waals surface area (Å²) in [4.78, 5) is 3.05. The predicted octanol–water partition coefficient (Wildman–Crippen LogP) is 6.04. The van der Waals surface area contributed by atoms with Gasteiger partial charge in [0.15, 0.2) is 0 Å².